The molecule has 2 fully saturated rings. The summed E-state index contributed by atoms with van der Waals surface area (Å²) < 4.78 is 0. The van der Waals surface area contributed by atoms with Gasteiger partial charge in [-0.05, 0) is 25.8 Å². The number of aliphatic hydroxyl groups is 1. The molecule has 0 aromatic heterocycles. The molecule has 0 bridgehead atoms. The highest BCUT2D eigenvalue weighted by Gasteiger charge is 2.41. The molecule has 4 atom stereocenters. The lowest BCUT2D eigenvalue weighted by Gasteiger charge is -2.42. The molecule has 0 aromatic rings. The van der Waals surface area contributed by atoms with Gasteiger partial charge < -0.3 is 15.3 Å². The molecular weight excluding hydrogens is 250 g/mol. The van der Waals surface area contributed by atoms with E-state index in [0.717, 1.165) is 25.7 Å². The van der Waals surface area contributed by atoms with Crippen LogP contribution in [0.4, 0.5) is 0 Å². The third kappa shape index (κ3) is 3.06. The number of rotatable bonds is 3. The van der Waals surface area contributed by atoms with Gasteiger partial charge in [0, 0.05) is 12.6 Å². The van der Waals surface area contributed by atoms with Gasteiger partial charge in [-0.1, -0.05) is 12.8 Å². The fourth-order valence-electron chi connectivity index (χ4n) is 3.34. The van der Waals surface area contributed by atoms with Crippen LogP contribution < -0.4 is 0 Å². The number of piperidine rings is 1. The van der Waals surface area contributed by atoms with E-state index in [9.17, 15) is 19.8 Å². The van der Waals surface area contributed by atoms with Gasteiger partial charge in [0.05, 0.1) is 17.9 Å². The number of carbonyl (C=O) groups is 2. The van der Waals surface area contributed by atoms with Crippen LogP contribution in [0, 0.1) is 11.8 Å². The van der Waals surface area contributed by atoms with Crippen LogP contribution in [0.1, 0.15) is 32.1 Å². The summed E-state index contributed by atoms with van der Waals surface area (Å²) in [5, 5.41) is 28.3. The Morgan fingerprint density at radius 1 is 0.947 bits per heavy atom. The summed E-state index contributed by atoms with van der Waals surface area (Å²) in [5.41, 5.74) is 0. The second-order valence-electron chi connectivity index (χ2n) is 5.59. The molecule has 0 spiro atoms. The molecule has 2 rings (SSSR count). The third-order valence-corrected chi connectivity index (χ3v) is 4.44. The van der Waals surface area contributed by atoms with E-state index < -0.39 is 29.9 Å². The van der Waals surface area contributed by atoms with Gasteiger partial charge in [-0.15, -0.1) is 0 Å². The first-order valence-corrected chi connectivity index (χ1v) is 6.88. The molecule has 1 aliphatic carbocycles. The summed E-state index contributed by atoms with van der Waals surface area (Å²) in [4.78, 5) is 24.3. The monoisotopic (exact) mass is 271 g/mol. The predicted molar refractivity (Wildman–Crippen MR) is 66.7 cm³/mol. The molecule has 2 aliphatic rings. The van der Waals surface area contributed by atoms with Gasteiger partial charge in [-0.3, -0.25) is 14.5 Å². The minimum absolute atomic E-state index is 0.00894. The Bertz CT molecular complexity index is 359. The van der Waals surface area contributed by atoms with Crippen LogP contribution in [0.3, 0.4) is 0 Å². The van der Waals surface area contributed by atoms with Crippen LogP contribution in [0.25, 0.3) is 0 Å². The zero-order chi connectivity index (χ0) is 14.0. The van der Waals surface area contributed by atoms with E-state index in [4.69, 9.17) is 5.11 Å². The molecule has 1 aliphatic heterocycles. The highest BCUT2D eigenvalue weighted by atomic mass is 16.4. The fraction of sp³-hybridized carbons (Fsp3) is 0.846. The van der Waals surface area contributed by atoms with Gasteiger partial charge in [-0.25, -0.2) is 0 Å². The second kappa shape index (κ2) is 5.88. The molecule has 1 saturated heterocycles. The van der Waals surface area contributed by atoms with Crippen molar-refractivity contribution in [3.63, 3.8) is 0 Å². The first kappa shape index (κ1) is 14.3. The average molecular weight is 271 g/mol. The Kier molecular flexibility index (Phi) is 4.42. The normalized spacial score (nSPS) is 36.9. The van der Waals surface area contributed by atoms with Gasteiger partial charge >= 0.3 is 11.9 Å². The van der Waals surface area contributed by atoms with E-state index in [1.54, 1.807) is 0 Å². The van der Waals surface area contributed by atoms with Gasteiger partial charge in [0.25, 0.3) is 0 Å². The number of nitrogens with zero attached hydrogens (tertiary/aromatic N) is 1. The van der Waals surface area contributed by atoms with Crippen molar-refractivity contribution in [2.75, 3.05) is 13.1 Å². The van der Waals surface area contributed by atoms with Crippen LogP contribution in [0.15, 0.2) is 0 Å². The Hall–Kier alpha value is -1.14. The van der Waals surface area contributed by atoms with E-state index in [-0.39, 0.29) is 12.6 Å². The van der Waals surface area contributed by atoms with Crippen molar-refractivity contribution in [2.45, 2.75) is 44.2 Å². The quantitative estimate of drug-likeness (QED) is 0.687. The number of hydrogen-bond donors (Lipinski definition) is 3. The molecule has 4 unspecified atom stereocenters. The van der Waals surface area contributed by atoms with Crippen LogP contribution >= 0.6 is 0 Å². The van der Waals surface area contributed by atoms with Gasteiger partial charge in [0.15, 0.2) is 0 Å². The van der Waals surface area contributed by atoms with Gasteiger partial charge in [-0.2, -0.15) is 0 Å². The summed E-state index contributed by atoms with van der Waals surface area (Å²) in [6.07, 6.45) is 3.59. The zero-order valence-corrected chi connectivity index (χ0v) is 10.9. The Morgan fingerprint density at radius 2 is 1.58 bits per heavy atom. The maximum atomic E-state index is 11.2. The molecule has 3 N–H and O–H groups in total. The number of hydrogen-bond acceptors (Lipinski definition) is 4. The Balaban J connectivity index is 2.05. The molecular formula is C13H21NO5. The number of aliphatic carboxylic acids is 2. The molecule has 6 nitrogen and oxygen atoms in total. The average Bonchev–Trinajstić information content (AvgIpc) is 2.38. The molecule has 0 amide bonds. The summed E-state index contributed by atoms with van der Waals surface area (Å²) in [5.74, 6) is -3.77. The molecule has 6 heteroatoms. The van der Waals surface area contributed by atoms with Crippen molar-refractivity contribution in [3.05, 3.63) is 0 Å². The number of carboxylic acid groups (broad SMARTS) is 2. The topological polar surface area (TPSA) is 98.1 Å². The standard InChI is InChI=1S/C13H21NO5/c15-11-4-2-1-3-10(11)14-6-5-8(12(16)17)9(7-14)13(18)19/h8-11,15H,1-7H2,(H,16,17)(H,18,19). The summed E-state index contributed by atoms with van der Waals surface area (Å²) in [6.45, 7) is 0.788. The smallest absolute Gasteiger partial charge is 0.308 e. The van der Waals surface area contributed by atoms with Gasteiger partial charge in [0.2, 0.25) is 0 Å². The van der Waals surface area contributed by atoms with Crippen LogP contribution in [-0.4, -0.2) is 57.4 Å². The number of aliphatic hydroxyl groups excluding tert-OH is 1. The van der Waals surface area contributed by atoms with Crippen molar-refractivity contribution >= 4 is 11.9 Å². The molecule has 19 heavy (non-hydrogen) atoms. The minimum Gasteiger partial charge on any atom is -0.481 e. The van der Waals surface area contributed by atoms with Crippen molar-refractivity contribution in [1.29, 1.82) is 0 Å². The molecule has 0 radical (unpaired) electrons. The van der Waals surface area contributed by atoms with Gasteiger partial charge in [0.1, 0.15) is 0 Å². The van der Waals surface area contributed by atoms with Crippen LogP contribution in [0.5, 0.6) is 0 Å². The van der Waals surface area contributed by atoms with Crippen LogP contribution in [-0.2, 0) is 9.59 Å². The Morgan fingerprint density at radius 3 is 2.16 bits per heavy atom. The first-order valence-electron chi connectivity index (χ1n) is 6.88. The largest absolute Gasteiger partial charge is 0.481 e. The summed E-state index contributed by atoms with van der Waals surface area (Å²) in [6, 6.07) is -0.00894. The van der Waals surface area contributed by atoms with E-state index in [0.29, 0.717) is 13.0 Å². The predicted octanol–water partition coefficient (Wildman–Crippen LogP) is 0.397. The fourth-order valence-corrected chi connectivity index (χ4v) is 3.34. The van der Waals surface area contributed by atoms with E-state index in [2.05, 4.69) is 0 Å². The lowest BCUT2D eigenvalue weighted by molar-refractivity contribution is -0.158. The SMILES string of the molecule is O=C(O)C1CCN(C2CCCCC2O)CC1C(=O)O. The van der Waals surface area contributed by atoms with Crippen molar-refractivity contribution < 1.29 is 24.9 Å². The van der Waals surface area contributed by atoms with Crippen molar-refractivity contribution in [3.8, 4) is 0 Å². The highest BCUT2D eigenvalue weighted by Crippen LogP contribution is 2.30. The maximum absolute atomic E-state index is 11.2. The van der Waals surface area contributed by atoms with Crippen molar-refractivity contribution in [2.24, 2.45) is 11.8 Å². The molecule has 1 heterocycles. The molecule has 108 valence electrons. The lowest BCUT2D eigenvalue weighted by Crippen LogP contribution is -2.54. The zero-order valence-electron chi connectivity index (χ0n) is 10.9. The maximum Gasteiger partial charge on any atom is 0.308 e. The molecule has 1 saturated carbocycles. The highest BCUT2D eigenvalue weighted by molar-refractivity contribution is 5.80. The van der Waals surface area contributed by atoms with E-state index >= 15 is 0 Å². The first-order chi connectivity index (χ1) is 9.00. The van der Waals surface area contributed by atoms with E-state index in [1.165, 1.54) is 0 Å². The molecule has 0 aromatic carbocycles. The summed E-state index contributed by atoms with van der Waals surface area (Å²) >= 11 is 0. The lowest BCUT2D eigenvalue weighted by atomic mass is 9.82. The van der Waals surface area contributed by atoms with Crippen molar-refractivity contribution in [1.82, 2.24) is 4.90 Å². The van der Waals surface area contributed by atoms with Crippen LogP contribution in [0.2, 0.25) is 0 Å². The van der Waals surface area contributed by atoms with E-state index in [1.807, 2.05) is 4.90 Å². The third-order valence-electron chi connectivity index (χ3n) is 4.44. The second-order valence-corrected chi connectivity index (χ2v) is 5.59. The Labute approximate surface area is 112 Å². The summed E-state index contributed by atoms with van der Waals surface area (Å²) in [7, 11) is 0. The minimum atomic E-state index is -1.05. The number of carboxylic acids is 2. The number of likely N-dealkylation sites (tertiary alicyclic amines) is 1.